The molecule has 0 aliphatic rings. The Kier molecular flexibility index (Phi) is 5.30. The number of carbonyl (C=O) groups is 1. The van der Waals surface area contributed by atoms with Crippen LogP contribution in [0.3, 0.4) is 0 Å². The van der Waals surface area contributed by atoms with Crippen molar-refractivity contribution in [3.63, 3.8) is 0 Å². The second-order valence-corrected chi connectivity index (χ2v) is 6.48. The van der Waals surface area contributed by atoms with E-state index in [2.05, 4.69) is 20.4 Å². The summed E-state index contributed by atoms with van der Waals surface area (Å²) in [4.78, 5) is 21.4. The predicted molar refractivity (Wildman–Crippen MR) is 100 cm³/mol. The summed E-state index contributed by atoms with van der Waals surface area (Å²) in [5.41, 5.74) is 2.88. The Balaban J connectivity index is 1.98. The van der Waals surface area contributed by atoms with Gasteiger partial charge in [-0.3, -0.25) is 4.79 Å². The van der Waals surface area contributed by atoms with Gasteiger partial charge in [-0.25, -0.2) is 9.37 Å². The number of hydrogen-bond donors (Lipinski definition) is 1. The van der Waals surface area contributed by atoms with Crippen molar-refractivity contribution in [2.24, 2.45) is 0 Å². The molecule has 0 spiro atoms. The molecule has 0 unspecified atom stereocenters. The molecular weight excluding hydrogens is 347 g/mol. The van der Waals surface area contributed by atoms with Crippen LogP contribution in [0, 0.1) is 26.6 Å². The van der Waals surface area contributed by atoms with Gasteiger partial charge in [-0.1, -0.05) is 18.1 Å². The van der Waals surface area contributed by atoms with Gasteiger partial charge in [-0.05, 0) is 56.5 Å². The molecule has 2 heterocycles. The van der Waals surface area contributed by atoms with Crippen molar-refractivity contribution in [2.75, 3.05) is 5.32 Å². The molecule has 0 atom stereocenters. The highest BCUT2D eigenvalue weighted by Gasteiger charge is 2.19. The number of rotatable bonds is 5. The summed E-state index contributed by atoms with van der Waals surface area (Å²) in [5.74, 6) is 0.338. The van der Waals surface area contributed by atoms with Crippen molar-refractivity contribution in [3.05, 3.63) is 58.4 Å². The Bertz CT molecular complexity index is 998. The molecule has 7 heteroatoms. The Morgan fingerprint density at radius 2 is 1.93 bits per heavy atom. The zero-order chi connectivity index (χ0) is 19.6. The van der Waals surface area contributed by atoms with E-state index in [1.165, 1.54) is 6.07 Å². The maximum absolute atomic E-state index is 13.8. The fourth-order valence-electron chi connectivity index (χ4n) is 2.80. The highest BCUT2D eigenvalue weighted by Crippen LogP contribution is 2.29. The molecule has 0 saturated heterocycles. The summed E-state index contributed by atoms with van der Waals surface area (Å²) >= 11 is 0. The van der Waals surface area contributed by atoms with Crippen LogP contribution in [0.4, 0.5) is 10.2 Å². The number of hydrogen-bond acceptors (Lipinski definition) is 5. The Morgan fingerprint density at radius 3 is 2.63 bits per heavy atom. The van der Waals surface area contributed by atoms with E-state index in [1.54, 1.807) is 19.1 Å². The molecule has 1 N–H and O–H groups in total. The van der Waals surface area contributed by atoms with Crippen LogP contribution in [0.5, 0.6) is 0 Å². The van der Waals surface area contributed by atoms with E-state index in [1.807, 2.05) is 26.8 Å². The zero-order valence-corrected chi connectivity index (χ0v) is 15.8. The van der Waals surface area contributed by atoms with Crippen molar-refractivity contribution < 1.29 is 13.7 Å². The molecular formula is C20H21FN4O2. The predicted octanol–water partition coefficient (Wildman–Crippen LogP) is 4.40. The maximum Gasteiger partial charge on any atom is 0.256 e. The third-order valence-corrected chi connectivity index (χ3v) is 4.17. The molecule has 0 aliphatic carbocycles. The number of aromatic nitrogens is 3. The van der Waals surface area contributed by atoms with Crippen LogP contribution < -0.4 is 5.32 Å². The third-order valence-electron chi connectivity index (χ3n) is 4.17. The lowest BCUT2D eigenvalue weighted by Crippen LogP contribution is -2.15. The van der Waals surface area contributed by atoms with Crippen molar-refractivity contribution in [1.82, 2.24) is 15.1 Å². The van der Waals surface area contributed by atoms with E-state index < -0.39 is 11.7 Å². The molecule has 3 rings (SSSR count). The minimum Gasteiger partial charge on any atom is -0.339 e. The number of aryl methyl sites for hydroxylation is 4. The van der Waals surface area contributed by atoms with Gasteiger partial charge in [-0.15, -0.1) is 0 Å². The first-order valence-corrected chi connectivity index (χ1v) is 8.77. The number of carbonyl (C=O) groups excluding carboxylic acids is 1. The molecule has 2 aromatic heterocycles. The first-order chi connectivity index (χ1) is 12.9. The first-order valence-electron chi connectivity index (χ1n) is 8.77. The van der Waals surface area contributed by atoms with E-state index in [9.17, 15) is 9.18 Å². The highest BCUT2D eigenvalue weighted by molar-refractivity contribution is 6.05. The van der Waals surface area contributed by atoms with Gasteiger partial charge < -0.3 is 9.84 Å². The number of nitrogens with zero attached hydrogens (tertiary/aromatic N) is 3. The molecule has 140 valence electrons. The van der Waals surface area contributed by atoms with E-state index >= 15 is 0 Å². The molecule has 1 aromatic carbocycles. The van der Waals surface area contributed by atoms with E-state index in [0.29, 0.717) is 35.1 Å². The molecule has 0 saturated carbocycles. The summed E-state index contributed by atoms with van der Waals surface area (Å²) in [6.07, 6.45) is 1.56. The topological polar surface area (TPSA) is 80.9 Å². The number of halogens is 1. The monoisotopic (exact) mass is 368 g/mol. The van der Waals surface area contributed by atoms with Crippen molar-refractivity contribution in [3.8, 4) is 11.4 Å². The van der Waals surface area contributed by atoms with Crippen LogP contribution in [0.1, 0.15) is 46.4 Å². The summed E-state index contributed by atoms with van der Waals surface area (Å²) in [7, 11) is 0. The minimum absolute atomic E-state index is 0.213. The standard InChI is InChI=1S/C20H21FN4O2/c1-5-6-16-23-19(25-27-16)17-12(3)9-13(4)22-18(17)24-20(26)14-8-7-11(2)15(21)10-14/h7-10H,5-6H2,1-4H3,(H,22,24,26). The van der Waals surface area contributed by atoms with Gasteiger partial charge in [0.2, 0.25) is 11.7 Å². The molecule has 0 aliphatic heterocycles. The van der Waals surface area contributed by atoms with Gasteiger partial charge in [0, 0.05) is 17.7 Å². The smallest absolute Gasteiger partial charge is 0.256 e. The Morgan fingerprint density at radius 1 is 1.15 bits per heavy atom. The van der Waals surface area contributed by atoms with E-state index in [0.717, 1.165) is 17.7 Å². The number of pyridine rings is 1. The van der Waals surface area contributed by atoms with Crippen LogP contribution in [0.2, 0.25) is 0 Å². The lowest BCUT2D eigenvalue weighted by atomic mass is 10.1. The average Bonchev–Trinajstić information content (AvgIpc) is 3.05. The third kappa shape index (κ3) is 4.02. The summed E-state index contributed by atoms with van der Waals surface area (Å²) < 4.78 is 19.1. The average molecular weight is 368 g/mol. The first kappa shape index (κ1) is 18.7. The molecule has 0 bridgehead atoms. The summed E-state index contributed by atoms with van der Waals surface area (Å²) in [6, 6.07) is 6.23. The maximum atomic E-state index is 13.8. The Hall–Kier alpha value is -3.09. The van der Waals surface area contributed by atoms with Crippen molar-refractivity contribution in [2.45, 2.75) is 40.5 Å². The number of benzene rings is 1. The normalized spacial score (nSPS) is 10.9. The van der Waals surface area contributed by atoms with Crippen LogP contribution in [-0.4, -0.2) is 21.0 Å². The van der Waals surface area contributed by atoms with Crippen LogP contribution in [-0.2, 0) is 6.42 Å². The van der Waals surface area contributed by atoms with Crippen molar-refractivity contribution >= 4 is 11.7 Å². The van der Waals surface area contributed by atoms with Gasteiger partial charge in [0.15, 0.2) is 0 Å². The fraction of sp³-hybridized carbons (Fsp3) is 0.300. The molecule has 6 nitrogen and oxygen atoms in total. The lowest BCUT2D eigenvalue weighted by molar-refractivity contribution is 0.102. The molecule has 3 aromatic rings. The SMILES string of the molecule is CCCc1nc(-c2c(C)cc(C)nc2NC(=O)c2ccc(C)c(F)c2)no1. The zero-order valence-electron chi connectivity index (χ0n) is 15.8. The van der Waals surface area contributed by atoms with Crippen molar-refractivity contribution in [1.29, 1.82) is 0 Å². The molecule has 1 amide bonds. The van der Waals surface area contributed by atoms with Crippen LogP contribution >= 0.6 is 0 Å². The van der Waals surface area contributed by atoms with Gasteiger partial charge in [-0.2, -0.15) is 4.98 Å². The van der Waals surface area contributed by atoms with E-state index in [4.69, 9.17) is 4.52 Å². The van der Waals surface area contributed by atoms with Gasteiger partial charge in [0.1, 0.15) is 11.6 Å². The molecule has 0 fully saturated rings. The summed E-state index contributed by atoms with van der Waals surface area (Å²) in [5, 5.41) is 6.78. The van der Waals surface area contributed by atoms with Gasteiger partial charge in [0.25, 0.3) is 5.91 Å². The lowest BCUT2D eigenvalue weighted by Gasteiger charge is -2.12. The van der Waals surface area contributed by atoms with Gasteiger partial charge in [0.05, 0.1) is 5.56 Å². The molecule has 27 heavy (non-hydrogen) atoms. The quantitative estimate of drug-likeness (QED) is 0.722. The second kappa shape index (κ2) is 7.65. The van der Waals surface area contributed by atoms with Gasteiger partial charge >= 0.3 is 0 Å². The van der Waals surface area contributed by atoms with E-state index in [-0.39, 0.29) is 5.56 Å². The van der Waals surface area contributed by atoms with Crippen LogP contribution in [0.25, 0.3) is 11.4 Å². The second-order valence-electron chi connectivity index (χ2n) is 6.48. The number of amides is 1. The summed E-state index contributed by atoms with van der Waals surface area (Å²) in [6.45, 7) is 7.39. The fourth-order valence-corrected chi connectivity index (χ4v) is 2.80. The highest BCUT2D eigenvalue weighted by atomic mass is 19.1. The largest absolute Gasteiger partial charge is 0.339 e. The Labute approximate surface area is 156 Å². The number of nitrogens with one attached hydrogen (secondary N) is 1. The van der Waals surface area contributed by atoms with Crippen LogP contribution in [0.15, 0.2) is 28.8 Å². The number of anilines is 1. The minimum atomic E-state index is -0.454. The molecule has 0 radical (unpaired) electrons.